The van der Waals surface area contributed by atoms with Gasteiger partial charge in [-0.15, -0.1) is 0 Å². The number of carbonyl (C=O) groups excluding carboxylic acids is 1. The zero-order chi connectivity index (χ0) is 18.9. The maximum absolute atomic E-state index is 13.3. The first-order chi connectivity index (χ1) is 12.3. The summed E-state index contributed by atoms with van der Waals surface area (Å²) in [7, 11) is 1.74. The van der Waals surface area contributed by atoms with E-state index in [1.807, 2.05) is 6.92 Å². The van der Waals surface area contributed by atoms with Gasteiger partial charge in [0.15, 0.2) is 5.69 Å². The van der Waals surface area contributed by atoms with Gasteiger partial charge >= 0.3 is 6.18 Å². The van der Waals surface area contributed by atoms with Gasteiger partial charge < -0.3 is 4.90 Å². The highest BCUT2D eigenvalue weighted by Gasteiger charge is 2.39. The molecule has 0 fully saturated rings. The van der Waals surface area contributed by atoms with E-state index >= 15 is 0 Å². The van der Waals surface area contributed by atoms with Gasteiger partial charge in [0.2, 0.25) is 5.91 Å². The minimum atomic E-state index is -4.44. The van der Waals surface area contributed by atoms with Gasteiger partial charge in [0, 0.05) is 24.8 Å². The summed E-state index contributed by atoms with van der Waals surface area (Å²) >= 11 is 0. The SMILES string of the molecule is CCN(C)C(=O)Cc1ccc(-n2nc(C(F)(F)F)c3c2CCCC3)cc1. The predicted molar refractivity (Wildman–Crippen MR) is 92.2 cm³/mol. The number of likely N-dealkylation sites (N-methyl/N-ethyl adjacent to an activating group) is 1. The molecule has 0 aliphatic heterocycles. The topological polar surface area (TPSA) is 38.1 Å². The molecule has 1 aliphatic carbocycles. The molecule has 1 aromatic heterocycles. The summed E-state index contributed by atoms with van der Waals surface area (Å²) in [6.07, 6.45) is -1.53. The fourth-order valence-electron chi connectivity index (χ4n) is 3.28. The lowest BCUT2D eigenvalue weighted by Crippen LogP contribution is -2.27. The molecule has 140 valence electrons. The third-order valence-corrected chi connectivity index (χ3v) is 4.89. The predicted octanol–water partition coefficient (Wildman–Crippen LogP) is 3.79. The number of halogens is 3. The van der Waals surface area contributed by atoms with E-state index in [0.717, 1.165) is 18.4 Å². The van der Waals surface area contributed by atoms with E-state index in [-0.39, 0.29) is 12.3 Å². The van der Waals surface area contributed by atoms with E-state index in [9.17, 15) is 18.0 Å². The summed E-state index contributed by atoms with van der Waals surface area (Å²) < 4.78 is 41.3. The van der Waals surface area contributed by atoms with E-state index in [4.69, 9.17) is 0 Å². The summed E-state index contributed by atoms with van der Waals surface area (Å²) in [6, 6.07) is 7.02. The Labute approximate surface area is 150 Å². The lowest BCUT2D eigenvalue weighted by Gasteiger charge is -2.15. The first kappa shape index (κ1) is 18.5. The number of hydrogen-bond donors (Lipinski definition) is 0. The van der Waals surface area contributed by atoms with Gasteiger partial charge in [-0.25, -0.2) is 4.68 Å². The van der Waals surface area contributed by atoms with Crippen LogP contribution in [0.2, 0.25) is 0 Å². The van der Waals surface area contributed by atoms with E-state index < -0.39 is 11.9 Å². The zero-order valence-corrected chi connectivity index (χ0v) is 14.9. The highest BCUT2D eigenvalue weighted by molar-refractivity contribution is 5.78. The Morgan fingerprint density at radius 3 is 2.46 bits per heavy atom. The highest BCUT2D eigenvalue weighted by atomic mass is 19.4. The number of aromatic nitrogens is 2. The van der Waals surface area contributed by atoms with Crippen molar-refractivity contribution in [2.75, 3.05) is 13.6 Å². The second kappa shape index (κ2) is 7.13. The van der Waals surface area contributed by atoms with E-state index in [2.05, 4.69) is 5.10 Å². The normalized spacial score (nSPS) is 14.2. The number of hydrogen-bond acceptors (Lipinski definition) is 2. The average Bonchev–Trinajstić information content (AvgIpc) is 3.01. The minimum Gasteiger partial charge on any atom is -0.346 e. The molecule has 3 rings (SSSR count). The third-order valence-electron chi connectivity index (χ3n) is 4.89. The van der Waals surface area contributed by atoms with Gasteiger partial charge in [-0.05, 0) is 50.3 Å². The van der Waals surface area contributed by atoms with Crippen LogP contribution in [0.15, 0.2) is 24.3 Å². The van der Waals surface area contributed by atoms with E-state index in [0.29, 0.717) is 36.3 Å². The fraction of sp³-hybridized carbons (Fsp3) is 0.474. The van der Waals surface area contributed by atoms with E-state index in [1.54, 1.807) is 36.2 Å². The molecular formula is C19H22F3N3O. The molecule has 26 heavy (non-hydrogen) atoms. The van der Waals surface area contributed by atoms with Crippen LogP contribution in [0, 0.1) is 0 Å². The summed E-state index contributed by atoms with van der Waals surface area (Å²) in [5.74, 6) is 0.0103. The van der Waals surface area contributed by atoms with Crippen LogP contribution in [0.25, 0.3) is 5.69 Å². The summed E-state index contributed by atoms with van der Waals surface area (Å²) in [5.41, 5.74) is 1.64. The molecule has 0 saturated heterocycles. The number of carbonyl (C=O) groups is 1. The Balaban J connectivity index is 1.90. The maximum Gasteiger partial charge on any atom is 0.435 e. The van der Waals surface area contributed by atoms with Gasteiger partial charge in [0.1, 0.15) is 0 Å². The van der Waals surface area contributed by atoms with Crippen LogP contribution >= 0.6 is 0 Å². The Hall–Kier alpha value is -2.31. The molecule has 0 radical (unpaired) electrons. The third kappa shape index (κ3) is 3.61. The first-order valence-electron chi connectivity index (χ1n) is 8.82. The lowest BCUT2D eigenvalue weighted by molar-refractivity contribution is -0.142. The Morgan fingerprint density at radius 1 is 1.19 bits per heavy atom. The summed E-state index contributed by atoms with van der Waals surface area (Å²) in [6.45, 7) is 2.54. The molecule has 2 aromatic rings. The molecule has 0 atom stereocenters. The molecule has 4 nitrogen and oxygen atoms in total. The van der Waals surface area contributed by atoms with Crippen molar-refractivity contribution in [1.29, 1.82) is 0 Å². The van der Waals surface area contributed by atoms with Gasteiger partial charge in [0.25, 0.3) is 0 Å². The van der Waals surface area contributed by atoms with Gasteiger partial charge in [-0.2, -0.15) is 18.3 Å². The van der Waals surface area contributed by atoms with Crippen molar-refractivity contribution in [3.05, 3.63) is 46.8 Å². The summed E-state index contributed by atoms with van der Waals surface area (Å²) in [4.78, 5) is 13.6. The van der Waals surface area contributed by atoms with Crippen molar-refractivity contribution < 1.29 is 18.0 Å². The smallest absolute Gasteiger partial charge is 0.346 e. The number of alkyl halides is 3. The minimum absolute atomic E-state index is 0.0103. The molecule has 1 heterocycles. The zero-order valence-electron chi connectivity index (χ0n) is 14.9. The number of benzene rings is 1. The van der Waals surface area contributed by atoms with Crippen LogP contribution in [0.3, 0.4) is 0 Å². The Morgan fingerprint density at radius 2 is 1.85 bits per heavy atom. The molecule has 0 saturated carbocycles. The van der Waals surface area contributed by atoms with Gasteiger partial charge in [-0.1, -0.05) is 12.1 Å². The fourth-order valence-corrected chi connectivity index (χ4v) is 3.28. The molecule has 7 heteroatoms. The van der Waals surface area contributed by atoms with Crippen molar-refractivity contribution in [2.45, 2.75) is 45.2 Å². The monoisotopic (exact) mass is 365 g/mol. The molecular weight excluding hydrogens is 343 g/mol. The molecule has 1 aromatic carbocycles. The van der Waals surface area contributed by atoms with E-state index in [1.165, 1.54) is 4.68 Å². The van der Waals surface area contributed by atoms with Crippen molar-refractivity contribution in [2.24, 2.45) is 0 Å². The van der Waals surface area contributed by atoms with Crippen molar-refractivity contribution in [3.8, 4) is 5.69 Å². The quantitative estimate of drug-likeness (QED) is 0.827. The van der Waals surface area contributed by atoms with Crippen LogP contribution in [-0.4, -0.2) is 34.2 Å². The molecule has 0 spiro atoms. The van der Waals surface area contributed by atoms with Crippen LogP contribution in [0.5, 0.6) is 0 Å². The number of fused-ring (bicyclic) bond motifs is 1. The Kier molecular flexibility index (Phi) is 5.07. The van der Waals surface area contributed by atoms with Crippen molar-refractivity contribution in [1.82, 2.24) is 14.7 Å². The first-order valence-corrected chi connectivity index (χ1v) is 8.82. The van der Waals surface area contributed by atoms with Crippen LogP contribution in [0.4, 0.5) is 13.2 Å². The molecule has 0 unspecified atom stereocenters. The van der Waals surface area contributed by atoms with Crippen LogP contribution < -0.4 is 0 Å². The molecule has 0 bridgehead atoms. The maximum atomic E-state index is 13.3. The Bertz CT molecular complexity index is 794. The largest absolute Gasteiger partial charge is 0.435 e. The molecule has 0 N–H and O–H groups in total. The average molecular weight is 365 g/mol. The molecule has 1 amide bonds. The summed E-state index contributed by atoms with van der Waals surface area (Å²) in [5, 5.41) is 3.88. The standard InChI is InChI=1S/C19H22F3N3O/c1-3-24(2)17(26)12-13-8-10-14(11-9-13)25-16-7-5-4-6-15(16)18(23-25)19(20,21)22/h8-11H,3-7,12H2,1-2H3. The van der Waals surface area contributed by atoms with Crippen LogP contribution in [0.1, 0.15) is 42.3 Å². The lowest BCUT2D eigenvalue weighted by atomic mass is 9.95. The number of nitrogens with zero attached hydrogens (tertiary/aromatic N) is 3. The van der Waals surface area contributed by atoms with Gasteiger partial charge in [0.05, 0.1) is 12.1 Å². The highest BCUT2D eigenvalue weighted by Crippen LogP contribution is 2.36. The van der Waals surface area contributed by atoms with Gasteiger partial charge in [-0.3, -0.25) is 4.79 Å². The second-order valence-corrected chi connectivity index (χ2v) is 6.64. The van der Waals surface area contributed by atoms with Crippen LogP contribution in [-0.2, 0) is 30.2 Å². The van der Waals surface area contributed by atoms with Crippen molar-refractivity contribution in [3.63, 3.8) is 0 Å². The number of amides is 1. The van der Waals surface area contributed by atoms with Crippen molar-refractivity contribution >= 4 is 5.91 Å². The molecule has 1 aliphatic rings. The second-order valence-electron chi connectivity index (χ2n) is 6.64. The number of rotatable bonds is 4.